The third kappa shape index (κ3) is 3.09. The van der Waals surface area contributed by atoms with Crippen LogP contribution in [0.25, 0.3) is 0 Å². The maximum Gasteiger partial charge on any atom is 0.240 e. The Labute approximate surface area is 159 Å². The third-order valence-electron chi connectivity index (χ3n) is 5.73. The number of piperidine rings is 1. The molecule has 1 aromatic heterocycles. The van der Waals surface area contributed by atoms with Crippen molar-refractivity contribution in [3.05, 3.63) is 41.5 Å². The second-order valence-corrected chi connectivity index (χ2v) is 8.83. The summed E-state index contributed by atoms with van der Waals surface area (Å²) >= 11 is 1.84. The van der Waals surface area contributed by atoms with E-state index in [4.69, 9.17) is 9.52 Å². The number of hydrogen-bond donors (Lipinski definition) is 0. The molecule has 138 valence electrons. The fourth-order valence-corrected chi connectivity index (χ4v) is 4.94. The van der Waals surface area contributed by atoms with E-state index in [-0.39, 0.29) is 10.7 Å². The van der Waals surface area contributed by atoms with Crippen LogP contribution >= 0.6 is 11.8 Å². The number of nitrogens with zero attached hydrogens (tertiary/aromatic N) is 4. The highest BCUT2D eigenvalue weighted by atomic mass is 32.2. The van der Waals surface area contributed by atoms with Gasteiger partial charge < -0.3 is 4.52 Å². The first-order valence-electron chi connectivity index (χ1n) is 9.44. The Morgan fingerprint density at radius 3 is 2.81 bits per heavy atom. The van der Waals surface area contributed by atoms with E-state index < -0.39 is 0 Å². The minimum absolute atomic E-state index is 0.124. The molecule has 4 rings (SSSR count). The van der Waals surface area contributed by atoms with Gasteiger partial charge in [-0.15, -0.1) is 0 Å². The summed E-state index contributed by atoms with van der Waals surface area (Å²) in [7, 11) is 0. The normalized spacial score (nSPS) is 20.2. The quantitative estimate of drug-likeness (QED) is 0.774. The average Bonchev–Trinajstić information content (AvgIpc) is 3.21. The number of rotatable bonds is 5. The molecule has 0 saturated carbocycles. The standard InChI is InChI=1S/C20H26N4OS/c1-4-26-14(2)19-22-18(25-23-19)13-24-11-9-20(10-12-24)15(3)21-17-8-6-5-7-16(17)20/h5-8,14H,4,9-13H2,1-3H3. The Hall–Kier alpha value is -1.66. The third-order valence-corrected chi connectivity index (χ3v) is 6.78. The molecule has 1 saturated heterocycles. The van der Waals surface area contributed by atoms with Gasteiger partial charge in [0.1, 0.15) is 0 Å². The molecule has 1 aromatic carbocycles. The van der Waals surface area contributed by atoms with Gasteiger partial charge in [-0.2, -0.15) is 16.7 Å². The predicted molar refractivity (Wildman–Crippen MR) is 106 cm³/mol. The molecular formula is C20H26N4OS. The summed E-state index contributed by atoms with van der Waals surface area (Å²) < 4.78 is 5.49. The zero-order chi connectivity index (χ0) is 18.1. The second-order valence-electron chi connectivity index (χ2n) is 7.22. The molecule has 2 aliphatic rings. The van der Waals surface area contributed by atoms with Crippen molar-refractivity contribution in [2.75, 3.05) is 18.8 Å². The van der Waals surface area contributed by atoms with Crippen LogP contribution in [0.3, 0.4) is 0 Å². The minimum Gasteiger partial charge on any atom is -0.338 e. The molecule has 2 aromatic rings. The van der Waals surface area contributed by atoms with Crippen molar-refractivity contribution in [2.45, 2.75) is 50.8 Å². The van der Waals surface area contributed by atoms with Crippen LogP contribution in [-0.4, -0.2) is 39.6 Å². The lowest BCUT2D eigenvalue weighted by Crippen LogP contribution is -2.44. The zero-order valence-electron chi connectivity index (χ0n) is 15.7. The lowest BCUT2D eigenvalue weighted by molar-refractivity contribution is 0.165. The monoisotopic (exact) mass is 370 g/mol. The number of para-hydroxylation sites is 1. The van der Waals surface area contributed by atoms with E-state index in [1.807, 2.05) is 11.8 Å². The summed E-state index contributed by atoms with van der Waals surface area (Å²) in [5, 5.41) is 4.45. The minimum atomic E-state index is 0.124. The lowest BCUT2D eigenvalue weighted by atomic mass is 9.71. The molecule has 0 N–H and O–H groups in total. The van der Waals surface area contributed by atoms with Gasteiger partial charge >= 0.3 is 0 Å². The summed E-state index contributed by atoms with van der Waals surface area (Å²) in [6, 6.07) is 8.60. The van der Waals surface area contributed by atoms with E-state index in [1.165, 1.54) is 11.3 Å². The highest BCUT2D eigenvalue weighted by molar-refractivity contribution is 7.99. The Morgan fingerprint density at radius 2 is 2.04 bits per heavy atom. The second kappa shape index (κ2) is 7.16. The largest absolute Gasteiger partial charge is 0.338 e. The van der Waals surface area contributed by atoms with Crippen LogP contribution in [0.2, 0.25) is 0 Å². The van der Waals surface area contributed by atoms with Gasteiger partial charge in [0, 0.05) is 11.1 Å². The van der Waals surface area contributed by atoms with Crippen LogP contribution in [0.15, 0.2) is 33.8 Å². The first kappa shape index (κ1) is 17.7. The Kier molecular flexibility index (Phi) is 4.88. The van der Waals surface area contributed by atoms with Crippen LogP contribution in [0.1, 0.15) is 56.1 Å². The fourth-order valence-electron chi connectivity index (χ4n) is 4.20. The molecule has 5 nitrogen and oxygen atoms in total. The SMILES string of the molecule is CCSC(C)c1noc(CN2CCC3(CC2)C(C)=Nc2ccccc23)n1. The topological polar surface area (TPSA) is 54.5 Å². The summed E-state index contributed by atoms with van der Waals surface area (Å²) in [6.45, 7) is 9.26. The molecule has 1 spiro atoms. The highest BCUT2D eigenvalue weighted by Gasteiger charge is 2.43. The van der Waals surface area contributed by atoms with E-state index in [0.717, 1.165) is 55.6 Å². The molecule has 1 fully saturated rings. The molecule has 0 amide bonds. The van der Waals surface area contributed by atoms with Gasteiger partial charge in [-0.1, -0.05) is 30.3 Å². The maximum atomic E-state index is 5.49. The number of benzene rings is 1. The van der Waals surface area contributed by atoms with Gasteiger partial charge in [-0.3, -0.25) is 9.89 Å². The van der Waals surface area contributed by atoms with Gasteiger partial charge in [-0.25, -0.2) is 0 Å². The molecule has 26 heavy (non-hydrogen) atoms. The number of likely N-dealkylation sites (tertiary alicyclic amines) is 1. The number of aromatic nitrogens is 2. The highest BCUT2D eigenvalue weighted by Crippen LogP contribution is 2.46. The summed E-state index contributed by atoms with van der Waals surface area (Å²) in [6.07, 6.45) is 2.20. The summed E-state index contributed by atoms with van der Waals surface area (Å²) in [5.41, 5.74) is 3.95. The zero-order valence-corrected chi connectivity index (χ0v) is 16.6. The molecule has 0 bridgehead atoms. The molecule has 2 aliphatic heterocycles. The number of aliphatic imine (C=N–C) groups is 1. The van der Waals surface area contributed by atoms with E-state index >= 15 is 0 Å². The smallest absolute Gasteiger partial charge is 0.240 e. The Balaban J connectivity index is 1.41. The maximum absolute atomic E-state index is 5.49. The Morgan fingerprint density at radius 1 is 1.27 bits per heavy atom. The number of fused-ring (bicyclic) bond motifs is 2. The van der Waals surface area contributed by atoms with Crippen molar-refractivity contribution < 1.29 is 4.52 Å². The van der Waals surface area contributed by atoms with Crippen LogP contribution in [0, 0.1) is 0 Å². The fraction of sp³-hybridized carbons (Fsp3) is 0.550. The van der Waals surface area contributed by atoms with Gasteiger partial charge in [0.25, 0.3) is 0 Å². The van der Waals surface area contributed by atoms with Crippen molar-refractivity contribution >= 4 is 23.2 Å². The lowest BCUT2D eigenvalue weighted by Gasteiger charge is -2.39. The van der Waals surface area contributed by atoms with E-state index in [1.54, 1.807) is 0 Å². The molecule has 1 atom stereocenters. The van der Waals surface area contributed by atoms with Gasteiger partial charge in [0.05, 0.1) is 17.5 Å². The summed E-state index contributed by atoms with van der Waals surface area (Å²) in [4.78, 5) is 11.9. The first-order chi connectivity index (χ1) is 12.6. The molecule has 3 heterocycles. The van der Waals surface area contributed by atoms with Crippen molar-refractivity contribution in [2.24, 2.45) is 4.99 Å². The van der Waals surface area contributed by atoms with E-state index in [9.17, 15) is 0 Å². The molecule has 0 radical (unpaired) electrons. The molecular weight excluding hydrogens is 344 g/mol. The Bertz CT molecular complexity index is 808. The van der Waals surface area contributed by atoms with Gasteiger partial charge in [0.15, 0.2) is 5.82 Å². The van der Waals surface area contributed by atoms with Crippen molar-refractivity contribution in [1.82, 2.24) is 15.0 Å². The van der Waals surface area contributed by atoms with Crippen molar-refractivity contribution in [3.8, 4) is 0 Å². The number of thioether (sulfide) groups is 1. The van der Waals surface area contributed by atoms with Crippen molar-refractivity contribution in [1.29, 1.82) is 0 Å². The van der Waals surface area contributed by atoms with Gasteiger partial charge in [0.2, 0.25) is 5.89 Å². The van der Waals surface area contributed by atoms with E-state index in [0.29, 0.717) is 0 Å². The molecule has 1 unspecified atom stereocenters. The van der Waals surface area contributed by atoms with Crippen LogP contribution in [0.4, 0.5) is 5.69 Å². The number of hydrogen-bond acceptors (Lipinski definition) is 6. The van der Waals surface area contributed by atoms with Gasteiger partial charge in [-0.05, 0) is 57.2 Å². The van der Waals surface area contributed by atoms with Crippen LogP contribution in [-0.2, 0) is 12.0 Å². The summed E-state index contributed by atoms with van der Waals surface area (Å²) in [5.74, 6) is 2.60. The van der Waals surface area contributed by atoms with Crippen LogP contribution in [0.5, 0.6) is 0 Å². The first-order valence-corrected chi connectivity index (χ1v) is 10.5. The molecule has 6 heteroatoms. The molecule has 0 aliphatic carbocycles. The van der Waals surface area contributed by atoms with Crippen molar-refractivity contribution in [3.63, 3.8) is 0 Å². The predicted octanol–water partition coefficient (Wildman–Crippen LogP) is 4.52. The van der Waals surface area contributed by atoms with Crippen LogP contribution < -0.4 is 0 Å². The average molecular weight is 371 g/mol. The van der Waals surface area contributed by atoms with E-state index in [2.05, 4.69) is 60.1 Å².